The minimum Gasteiger partial charge on any atom is -0.345 e. The van der Waals surface area contributed by atoms with Gasteiger partial charge >= 0.3 is 0 Å². The van der Waals surface area contributed by atoms with E-state index in [1.165, 1.54) is 5.56 Å². The first-order valence-corrected chi connectivity index (χ1v) is 7.08. The molecule has 0 saturated heterocycles. The van der Waals surface area contributed by atoms with E-state index in [1.54, 1.807) is 6.33 Å². The summed E-state index contributed by atoms with van der Waals surface area (Å²) < 4.78 is 0. The summed E-state index contributed by atoms with van der Waals surface area (Å²) in [5, 5.41) is 0. The molecule has 0 amide bonds. The maximum atomic E-state index is 4.23. The number of allylic oxidation sites excluding steroid dienone is 2. The molecule has 1 N–H and O–H groups in total. The van der Waals surface area contributed by atoms with E-state index in [-0.39, 0.29) is 0 Å². The largest absolute Gasteiger partial charge is 0.345 e. The molecule has 2 nitrogen and oxygen atoms in total. The van der Waals surface area contributed by atoms with E-state index in [0.717, 1.165) is 40.6 Å². The van der Waals surface area contributed by atoms with Crippen molar-refractivity contribution in [3.63, 3.8) is 0 Å². The summed E-state index contributed by atoms with van der Waals surface area (Å²) in [7, 11) is 0. The highest BCUT2D eigenvalue weighted by molar-refractivity contribution is 5.80. The summed E-state index contributed by atoms with van der Waals surface area (Å²) in [5.41, 5.74) is 6.68. The zero-order valence-corrected chi connectivity index (χ0v) is 12.0. The Labute approximate surface area is 124 Å². The van der Waals surface area contributed by atoms with E-state index < -0.39 is 0 Å². The van der Waals surface area contributed by atoms with Gasteiger partial charge in [-0.25, -0.2) is 4.98 Å². The molecule has 0 unspecified atom stereocenters. The minimum atomic E-state index is 0.910. The number of aromatic amines is 1. The fourth-order valence-corrected chi connectivity index (χ4v) is 2.42. The predicted octanol–water partition coefficient (Wildman–Crippen LogP) is 5.07. The molecule has 104 valence electrons. The van der Waals surface area contributed by atoms with Crippen LogP contribution in [0.2, 0.25) is 0 Å². The number of hydrogen-bond donors (Lipinski definition) is 1. The van der Waals surface area contributed by atoms with Crippen LogP contribution >= 0.6 is 0 Å². The van der Waals surface area contributed by atoms with Crippen molar-refractivity contribution in [3.05, 3.63) is 79.1 Å². The van der Waals surface area contributed by atoms with Crippen LogP contribution in [0, 0.1) is 0 Å². The van der Waals surface area contributed by atoms with Gasteiger partial charge in [0.15, 0.2) is 0 Å². The first-order chi connectivity index (χ1) is 10.2. The van der Waals surface area contributed by atoms with Crippen LogP contribution < -0.4 is 0 Å². The van der Waals surface area contributed by atoms with Gasteiger partial charge in [0.05, 0.1) is 17.4 Å². The average molecular weight is 274 g/mol. The Hall–Kier alpha value is -2.61. The summed E-state index contributed by atoms with van der Waals surface area (Å²) in [6.07, 6.45) is 3.55. The third-order valence-corrected chi connectivity index (χ3v) is 3.74. The number of nitrogens with zero attached hydrogens (tertiary/aromatic N) is 1. The maximum Gasteiger partial charge on any atom is 0.0931 e. The summed E-state index contributed by atoms with van der Waals surface area (Å²) in [5.74, 6) is 0. The lowest BCUT2D eigenvalue weighted by Crippen LogP contribution is -1.87. The molecule has 0 aliphatic heterocycles. The zero-order chi connectivity index (χ0) is 14.7. The number of aromatic nitrogens is 2. The molecule has 2 aromatic carbocycles. The number of fused-ring (bicyclic) bond motifs is 1. The average Bonchev–Trinajstić information content (AvgIpc) is 3.00. The Balaban J connectivity index is 1.67. The number of hydrogen-bond acceptors (Lipinski definition) is 1. The normalized spacial score (nSPS) is 10.7. The summed E-state index contributed by atoms with van der Waals surface area (Å²) >= 11 is 0. The van der Waals surface area contributed by atoms with Crippen LogP contribution in [0.1, 0.15) is 24.0 Å². The lowest BCUT2D eigenvalue weighted by atomic mass is 9.97. The Morgan fingerprint density at radius 1 is 0.905 bits per heavy atom. The van der Waals surface area contributed by atoms with Crippen molar-refractivity contribution in [1.82, 2.24) is 9.97 Å². The van der Waals surface area contributed by atoms with Gasteiger partial charge < -0.3 is 4.98 Å². The van der Waals surface area contributed by atoms with Gasteiger partial charge in [0.2, 0.25) is 0 Å². The van der Waals surface area contributed by atoms with E-state index >= 15 is 0 Å². The van der Waals surface area contributed by atoms with Crippen molar-refractivity contribution >= 4 is 22.2 Å². The lowest BCUT2D eigenvalue weighted by molar-refractivity contribution is 1.09. The standard InChI is InChI=1S/C19H18N2/c1-14(16-6-4-3-5-7-16)8-9-15(2)17-10-11-18-19(12-17)21-13-20-18/h3-7,10-13H,1-2,8-9H2,(H,20,21). The molecule has 0 atom stereocenters. The molecular formula is C19H18N2. The predicted molar refractivity (Wildman–Crippen MR) is 89.8 cm³/mol. The van der Waals surface area contributed by atoms with Crippen LogP contribution in [-0.2, 0) is 0 Å². The smallest absolute Gasteiger partial charge is 0.0931 e. The third kappa shape index (κ3) is 2.95. The van der Waals surface area contributed by atoms with E-state index in [9.17, 15) is 0 Å². The van der Waals surface area contributed by atoms with Crippen molar-refractivity contribution in [1.29, 1.82) is 0 Å². The van der Waals surface area contributed by atoms with Gasteiger partial charge in [-0.2, -0.15) is 0 Å². The van der Waals surface area contributed by atoms with E-state index in [2.05, 4.69) is 47.4 Å². The lowest BCUT2D eigenvalue weighted by Gasteiger charge is -2.09. The van der Waals surface area contributed by atoms with E-state index in [1.807, 2.05) is 24.3 Å². The van der Waals surface area contributed by atoms with Gasteiger partial charge in [0.25, 0.3) is 0 Å². The molecule has 2 heteroatoms. The topological polar surface area (TPSA) is 28.7 Å². The van der Waals surface area contributed by atoms with Crippen LogP contribution in [0.15, 0.2) is 68.0 Å². The van der Waals surface area contributed by atoms with Gasteiger partial charge in [-0.1, -0.05) is 49.6 Å². The third-order valence-electron chi connectivity index (χ3n) is 3.74. The van der Waals surface area contributed by atoms with Crippen LogP contribution in [-0.4, -0.2) is 9.97 Å². The molecule has 0 spiro atoms. The Morgan fingerprint density at radius 3 is 2.38 bits per heavy atom. The molecule has 1 heterocycles. The molecule has 0 saturated carbocycles. The molecule has 21 heavy (non-hydrogen) atoms. The Kier molecular flexibility index (Phi) is 3.69. The second-order valence-corrected chi connectivity index (χ2v) is 5.21. The molecule has 0 aliphatic carbocycles. The summed E-state index contributed by atoms with van der Waals surface area (Å²) in [4.78, 5) is 7.37. The molecular weight excluding hydrogens is 256 g/mol. The minimum absolute atomic E-state index is 0.910. The van der Waals surface area contributed by atoms with E-state index in [4.69, 9.17) is 0 Å². The highest BCUT2D eigenvalue weighted by Gasteiger charge is 2.04. The maximum absolute atomic E-state index is 4.23. The van der Waals surface area contributed by atoms with Crippen molar-refractivity contribution in [2.24, 2.45) is 0 Å². The SMILES string of the molecule is C=C(CCC(=C)c1ccc2nc[nH]c2c1)c1ccccc1. The summed E-state index contributed by atoms with van der Waals surface area (Å²) in [6, 6.07) is 16.5. The van der Waals surface area contributed by atoms with Gasteiger partial charge in [0.1, 0.15) is 0 Å². The van der Waals surface area contributed by atoms with Gasteiger partial charge in [-0.05, 0) is 47.2 Å². The van der Waals surface area contributed by atoms with E-state index in [0.29, 0.717) is 0 Å². The molecule has 0 bridgehead atoms. The van der Waals surface area contributed by atoms with Crippen LogP contribution in [0.3, 0.4) is 0 Å². The van der Waals surface area contributed by atoms with Crippen molar-refractivity contribution in [2.75, 3.05) is 0 Å². The number of benzene rings is 2. The fraction of sp³-hybridized carbons (Fsp3) is 0.105. The molecule has 0 fully saturated rings. The molecule has 0 radical (unpaired) electrons. The van der Waals surface area contributed by atoms with Crippen molar-refractivity contribution < 1.29 is 0 Å². The van der Waals surface area contributed by atoms with Crippen LogP contribution in [0.25, 0.3) is 22.2 Å². The highest BCUT2D eigenvalue weighted by Crippen LogP contribution is 2.25. The van der Waals surface area contributed by atoms with Crippen LogP contribution in [0.5, 0.6) is 0 Å². The molecule has 1 aromatic heterocycles. The second-order valence-electron chi connectivity index (χ2n) is 5.21. The highest BCUT2D eigenvalue weighted by atomic mass is 14.9. The monoisotopic (exact) mass is 274 g/mol. The molecule has 3 rings (SSSR count). The van der Waals surface area contributed by atoms with Crippen molar-refractivity contribution in [2.45, 2.75) is 12.8 Å². The van der Waals surface area contributed by atoms with Gasteiger partial charge in [0, 0.05) is 0 Å². The Bertz CT molecular complexity index is 781. The first-order valence-electron chi connectivity index (χ1n) is 7.08. The zero-order valence-electron chi connectivity index (χ0n) is 12.0. The van der Waals surface area contributed by atoms with Gasteiger partial charge in [-0.3, -0.25) is 0 Å². The van der Waals surface area contributed by atoms with Crippen molar-refractivity contribution in [3.8, 4) is 0 Å². The summed E-state index contributed by atoms with van der Waals surface area (Å²) in [6.45, 7) is 8.38. The second kappa shape index (κ2) is 5.80. The quantitative estimate of drug-likeness (QED) is 0.691. The number of rotatable bonds is 5. The van der Waals surface area contributed by atoms with Gasteiger partial charge in [-0.15, -0.1) is 0 Å². The number of H-pyrrole nitrogens is 1. The number of nitrogens with one attached hydrogen (secondary N) is 1. The van der Waals surface area contributed by atoms with Crippen LogP contribution in [0.4, 0.5) is 0 Å². The molecule has 0 aliphatic rings. The fourth-order valence-electron chi connectivity index (χ4n) is 2.42. The number of imidazole rings is 1. The molecule has 3 aromatic rings. The Morgan fingerprint density at radius 2 is 1.62 bits per heavy atom. The first kappa shape index (κ1) is 13.4.